The fourth-order valence-electron chi connectivity index (χ4n) is 2.33. The van der Waals surface area contributed by atoms with Crippen LogP contribution in [0, 0.1) is 11.3 Å². The van der Waals surface area contributed by atoms with Gasteiger partial charge in [-0.15, -0.1) is 0 Å². The largest absolute Gasteiger partial charge is 0.460 e. The number of halogens is 11. The number of carbonyl (C=O) groups excluding carboxylic acids is 1. The highest BCUT2D eigenvalue weighted by atomic mass is 19.4. The van der Waals surface area contributed by atoms with Crippen molar-refractivity contribution in [2.24, 2.45) is 0 Å². The first-order chi connectivity index (χ1) is 14.9. The maximum absolute atomic E-state index is 14.0. The summed E-state index contributed by atoms with van der Waals surface area (Å²) in [7, 11) is 0. The van der Waals surface area contributed by atoms with E-state index in [4.69, 9.17) is 10.00 Å². The molecule has 2 aromatic carbocycles. The monoisotopic (exact) mass is 491 g/mol. The van der Waals surface area contributed by atoms with Crippen LogP contribution in [0.2, 0.25) is 0 Å². The molecular weight excluding hydrogens is 483 g/mol. The van der Waals surface area contributed by atoms with Crippen LogP contribution in [0.3, 0.4) is 0 Å². The lowest BCUT2D eigenvalue weighted by Crippen LogP contribution is -2.65. The average Bonchev–Trinajstić information content (AvgIpc) is 2.73. The third kappa shape index (κ3) is 4.31. The molecule has 0 bridgehead atoms. The average molecular weight is 491 g/mol. The van der Waals surface area contributed by atoms with Crippen LogP contribution in [-0.4, -0.2) is 29.9 Å². The number of benzene rings is 2. The zero-order valence-electron chi connectivity index (χ0n) is 15.5. The third-order valence-electron chi connectivity index (χ3n) is 4.22. The van der Waals surface area contributed by atoms with Crippen LogP contribution in [0.1, 0.15) is 21.5 Å². The van der Waals surface area contributed by atoms with Gasteiger partial charge in [-0.3, -0.25) is 0 Å². The molecule has 0 N–H and O–H groups in total. The number of esters is 1. The molecule has 0 radical (unpaired) electrons. The van der Waals surface area contributed by atoms with Gasteiger partial charge in [0.2, 0.25) is 0 Å². The molecule has 0 aromatic heterocycles. The Labute approximate surface area is 177 Å². The summed E-state index contributed by atoms with van der Waals surface area (Å²) < 4.78 is 149. The Morgan fingerprint density at radius 1 is 0.697 bits per heavy atom. The highest BCUT2D eigenvalue weighted by molar-refractivity contribution is 5.91. The van der Waals surface area contributed by atoms with Gasteiger partial charge in [0.25, 0.3) is 0 Å². The quantitative estimate of drug-likeness (QED) is 0.269. The summed E-state index contributed by atoms with van der Waals surface area (Å²) in [6, 6.07) is 7.27. The molecule has 0 amide bonds. The summed E-state index contributed by atoms with van der Waals surface area (Å²) in [4.78, 5) is 12.0. The first-order valence-corrected chi connectivity index (χ1v) is 8.31. The van der Waals surface area contributed by atoms with Crippen LogP contribution in [0.5, 0.6) is 5.75 Å². The molecule has 0 saturated carbocycles. The first-order valence-electron chi connectivity index (χ1n) is 8.31. The van der Waals surface area contributed by atoms with E-state index in [9.17, 15) is 53.1 Å². The van der Waals surface area contributed by atoms with Crippen LogP contribution in [0.25, 0.3) is 0 Å². The third-order valence-corrected chi connectivity index (χ3v) is 4.22. The van der Waals surface area contributed by atoms with E-state index in [0.29, 0.717) is 12.1 Å². The van der Waals surface area contributed by atoms with Crippen LogP contribution < -0.4 is 4.74 Å². The Hall–Kier alpha value is -3.37. The van der Waals surface area contributed by atoms with Gasteiger partial charge in [0.1, 0.15) is 5.75 Å². The lowest BCUT2D eigenvalue weighted by molar-refractivity contribution is -0.424. The van der Waals surface area contributed by atoms with Crippen molar-refractivity contribution >= 4 is 5.97 Å². The van der Waals surface area contributed by atoms with Crippen LogP contribution in [0.15, 0.2) is 48.5 Å². The summed E-state index contributed by atoms with van der Waals surface area (Å²) in [6.45, 7) is 0. The van der Waals surface area contributed by atoms with Gasteiger partial charge in [-0.25, -0.2) is 4.79 Å². The number of hydrogen-bond donors (Lipinski definition) is 0. The van der Waals surface area contributed by atoms with E-state index in [1.165, 1.54) is 24.3 Å². The minimum Gasteiger partial charge on any atom is -0.423 e. The van der Waals surface area contributed by atoms with Crippen LogP contribution in [-0.2, 0) is 5.92 Å². The summed E-state index contributed by atoms with van der Waals surface area (Å²) in [5.41, 5.74) is -2.47. The number of nitriles is 1. The molecular formula is C19H8F11NO2. The number of carbonyl (C=O) groups is 1. The van der Waals surface area contributed by atoms with E-state index in [-0.39, 0.29) is 23.4 Å². The van der Waals surface area contributed by atoms with E-state index < -0.39 is 47.0 Å². The van der Waals surface area contributed by atoms with Crippen molar-refractivity contribution in [1.29, 1.82) is 5.26 Å². The molecule has 0 fully saturated rings. The van der Waals surface area contributed by atoms with E-state index in [1.807, 2.05) is 0 Å². The van der Waals surface area contributed by atoms with Gasteiger partial charge in [0.05, 0.1) is 17.2 Å². The van der Waals surface area contributed by atoms with E-state index in [2.05, 4.69) is 0 Å². The van der Waals surface area contributed by atoms with E-state index in [0.717, 1.165) is 0 Å². The summed E-state index contributed by atoms with van der Waals surface area (Å²) in [6.07, 6.45) is -7.25. The molecule has 0 heterocycles. The van der Waals surface area contributed by atoms with Crippen LogP contribution >= 0.6 is 0 Å². The summed E-state index contributed by atoms with van der Waals surface area (Å²) in [5, 5.41) is 8.66. The second-order valence-electron chi connectivity index (χ2n) is 6.40. The van der Waals surface area contributed by atoms with Crippen molar-refractivity contribution in [3.8, 4) is 11.8 Å². The predicted molar refractivity (Wildman–Crippen MR) is 87.3 cm³/mol. The van der Waals surface area contributed by atoms with Gasteiger partial charge < -0.3 is 4.74 Å². The van der Waals surface area contributed by atoms with E-state index >= 15 is 0 Å². The van der Waals surface area contributed by atoms with Crippen molar-refractivity contribution in [2.75, 3.05) is 0 Å². The fraction of sp³-hybridized carbons (Fsp3) is 0.263. The Morgan fingerprint density at radius 3 is 1.61 bits per heavy atom. The van der Waals surface area contributed by atoms with Gasteiger partial charge in [0.15, 0.2) is 0 Å². The van der Waals surface area contributed by atoms with E-state index in [1.54, 1.807) is 6.07 Å². The molecule has 178 valence electrons. The second kappa shape index (κ2) is 8.20. The summed E-state index contributed by atoms with van der Waals surface area (Å²) >= 11 is 0. The van der Waals surface area contributed by atoms with Gasteiger partial charge in [-0.2, -0.15) is 53.6 Å². The molecule has 2 rings (SSSR count). The molecule has 0 unspecified atom stereocenters. The zero-order valence-corrected chi connectivity index (χ0v) is 15.5. The maximum Gasteiger partial charge on any atom is 0.460 e. The molecule has 33 heavy (non-hydrogen) atoms. The molecule has 0 aliphatic carbocycles. The lowest BCUT2D eigenvalue weighted by atomic mass is 9.93. The highest BCUT2D eigenvalue weighted by Crippen LogP contribution is 2.59. The molecule has 2 aromatic rings. The van der Waals surface area contributed by atoms with Crippen LogP contribution in [0.4, 0.5) is 48.3 Å². The van der Waals surface area contributed by atoms with Crippen molar-refractivity contribution in [3.63, 3.8) is 0 Å². The molecule has 0 saturated heterocycles. The lowest BCUT2D eigenvalue weighted by Gasteiger charge is -2.37. The zero-order chi connectivity index (χ0) is 25.5. The number of rotatable bonds is 6. The molecule has 0 aliphatic rings. The topological polar surface area (TPSA) is 50.1 Å². The molecule has 0 spiro atoms. The highest BCUT2D eigenvalue weighted by Gasteiger charge is 2.87. The minimum absolute atomic E-state index is 0.0366. The Bertz CT molecular complexity index is 1050. The maximum atomic E-state index is 14.0. The molecule has 0 atom stereocenters. The van der Waals surface area contributed by atoms with Gasteiger partial charge in [0, 0.05) is 5.56 Å². The van der Waals surface area contributed by atoms with Crippen molar-refractivity contribution in [3.05, 3.63) is 65.2 Å². The summed E-state index contributed by atoms with van der Waals surface area (Å²) in [5.74, 6) is -29.8. The van der Waals surface area contributed by atoms with Gasteiger partial charge >= 0.3 is 35.8 Å². The predicted octanol–water partition coefficient (Wildman–Crippen LogP) is 6.34. The number of ether oxygens (including phenoxy) is 1. The number of alkyl halides is 11. The van der Waals surface area contributed by atoms with Crippen molar-refractivity contribution in [2.45, 2.75) is 29.9 Å². The Balaban J connectivity index is 2.32. The fourth-order valence-corrected chi connectivity index (χ4v) is 2.33. The van der Waals surface area contributed by atoms with Gasteiger partial charge in [-0.1, -0.05) is 12.1 Å². The minimum atomic E-state index is -7.53. The molecule has 14 heteroatoms. The SMILES string of the molecule is N#Cc1ccc(OC(=O)c2ccc(C(F)(F)C(F)(F)C(F)(F)C(F)(F)C(F)(F)F)cc2)cc1. The Kier molecular flexibility index (Phi) is 6.43. The number of hydrogen-bond acceptors (Lipinski definition) is 3. The van der Waals surface area contributed by atoms with Crippen molar-refractivity contribution in [1.82, 2.24) is 0 Å². The molecule has 3 nitrogen and oxygen atoms in total. The Morgan fingerprint density at radius 2 is 1.18 bits per heavy atom. The normalized spacial score (nSPS) is 13.4. The van der Waals surface area contributed by atoms with Crippen molar-refractivity contribution < 1.29 is 57.8 Å². The standard InChI is InChI=1S/C19H8F11NO2/c20-15(21,16(22,23)17(24,25)18(26,27)19(28,29)30)12-5-3-11(4-6-12)14(32)33-13-7-1-10(9-31)2-8-13/h1-8H. The number of nitrogens with zero attached hydrogens (tertiary/aromatic N) is 1. The first kappa shape index (κ1) is 25.9. The van der Waals surface area contributed by atoms with Gasteiger partial charge in [-0.05, 0) is 36.4 Å². The smallest absolute Gasteiger partial charge is 0.423 e. The second-order valence-corrected chi connectivity index (χ2v) is 6.40. The molecule has 0 aliphatic heterocycles.